The van der Waals surface area contributed by atoms with Gasteiger partial charge in [0.2, 0.25) is 0 Å². The lowest BCUT2D eigenvalue weighted by atomic mass is 9.92. The van der Waals surface area contributed by atoms with Crippen molar-refractivity contribution < 1.29 is 0 Å². The highest BCUT2D eigenvalue weighted by molar-refractivity contribution is 7.15. The van der Waals surface area contributed by atoms with Crippen molar-refractivity contribution in [3.8, 4) is 0 Å². The van der Waals surface area contributed by atoms with Gasteiger partial charge in [0.05, 0.1) is 0 Å². The molecule has 1 saturated heterocycles. The van der Waals surface area contributed by atoms with E-state index in [-0.39, 0.29) is 0 Å². The van der Waals surface area contributed by atoms with Gasteiger partial charge in [-0.2, -0.15) is 0 Å². The molecule has 18 heavy (non-hydrogen) atoms. The van der Waals surface area contributed by atoms with Gasteiger partial charge in [0, 0.05) is 30.2 Å². The number of nitrogens with zero attached hydrogens (tertiary/aromatic N) is 3. The Kier molecular flexibility index (Phi) is 4.59. The second-order valence-electron chi connectivity index (χ2n) is 5.31. The van der Waals surface area contributed by atoms with Gasteiger partial charge >= 0.3 is 0 Å². The third-order valence-corrected chi connectivity index (χ3v) is 4.75. The van der Waals surface area contributed by atoms with E-state index in [1.807, 2.05) is 6.20 Å². The van der Waals surface area contributed by atoms with Crippen LogP contribution in [0, 0.1) is 5.92 Å². The molecule has 5 heteroatoms. The predicted molar refractivity (Wildman–Crippen MR) is 77.7 cm³/mol. The molecule has 2 heterocycles. The zero-order valence-corrected chi connectivity index (χ0v) is 12.4. The Morgan fingerprint density at radius 2 is 2.39 bits per heavy atom. The molecule has 2 unspecified atom stereocenters. The van der Waals surface area contributed by atoms with Gasteiger partial charge in [-0.1, -0.05) is 13.8 Å². The molecule has 2 rings (SSSR count). The Bertz CT molecular complexity index is 379. The fourth-order valence-corrected chi connectivity index (χ4v) is 3.67. The quantitative estimate of drug-likeness (QED) is 0.906. The van der Waals surface area contributed by atoms with Crippen LogP contribution in [-0.2, 0) is 6.54 Å². The number of nitrogen functional groups attached to an aromatic ring is 1. The van der Waals surface area contributed by atoms with Crippen LogP contribution in [0.5, 0.6) is 0 Å². The van der Waals surface area contributed by atoms with Gasteiger partial charge in [-0.3, -0.25) is 4.90 Å². The van der Waals surface area contributed by atoms with Crippen LogP contribution < -0.4 is 5.73 Å². The molecular formula is C13H24N4S. The van der Waals surface area contributed by atoms with Crippen LogP contribution in [0.15, 0.2) is 6.20 Å². The molecule has 102 valence electrons. The highest BCUT2D eigenvalue weighted by atomic mass is 32.1. The summed E-state index contributed by atoms with van der Waals surface area (Å²) in [7, 11) is 2.22. The maximum Gasteiger partial charge on any atom is 0.180 e. The van der Waals surface area contributed by atoms with Crippen molar-refractivity contribution >= 4 is 16.5 Å². The van der Waals surface area contributed by atoms with Crippen molar-refractivity contribution in [1.29, 1.82) is 0 Å². The zero-order valence-electron chi connectivity index (χ0n) is 11.6. The summed E-state index contributed by atoms with van der Waals surface area (Å²) in [6.07, 6.45) is 3.17. The molecule has 1 aromatic heterocycles. The van der Waals surface area contributed by atoms with Crippen LogP contribution in [0.1, 0.15) is 25.1 Å². The van der Waals surface area contributed by atoms with E-state index >= 15 is 0 Å². The second kappa shape index (κ2) is 5.99. The standard InChI is InChI=1S/C13H24N4S/c1-4-17-6-5-12(10(2)8-17)16(3)9-11-7-15-13(14)18-11/h7,10,12H,4-6,8-9H2,1-3H3,(H2,14,15). The molecule has 2 atom stereocenters. The Labute approximate surface area is 114 Å². The fraction of sp³-hybridized carbons (Fsp3) is 0.769. The van der Waals surface area contributed by atoms with Crippen LogP contribution in [0.3, 0.4) is 0 Å². The average molecular weight is 268 g/mol. The van der Waals surface area contributed by atoms with E-state index in [9.17, 15) is 0 Å². The van der Waals surface area contributed by atoms with E-state index in [4.69, 9.17) is 5.73 Å². The molecule has 0 bridgehead atoms. The summed E-state index contributed by atoms with van der Waals surface area (Å²) in [5, 5.41) is 0.673. The van der Waals surface area contributed by atoms with E-state index < -0.39 is 0 Å². The molecule has 1 aliphatic heterocycles. The maximum atomic E-state index is 5.68. The normalized spacial score (nSPS) is 25.8. The van der Waals surface area contributed by atoms with E-state index in [2.05, 4.69) is 35.7 Å². The lowest BCUT2D eigenvalue weighted by Gasteiger charge is -2.40. The van der Waals surface area contributed by atoms with Crippen LogP contribution >= 0.6 is 11.3 Å². The van der Waals surface area contributed by atoms with Crippen LogP contribution in [0.4, 0.5) is 5.13 Å². The van der Waals surface area contributed by atoms with E-state index in [1.165, 1.54) is 30.9 Å². The number of hydrogen-bond acceptors (Lipinski definition) is 5. The van der Waals surface area contributed by atoms with Gasteiger partial charge in [0.25, 0.3) is 0 Å². The first-order valence-electron chi connectivity index (χ1n) is 6.73. The van der Waals surface area contributed by atoms with Crippen LogP contribution in [0.2, 0.25) is 0 Å². The molecule has 0 radical (unpaired) electrons. The monoisotopic (exact) mass is 268 g/mol. The molecule has 0 aliphatic carbocycles. The summed E-state index contributed by atoms with van der Waals surface area (Å²) >= 11 is 1.60. The lowest BCUT2D eigenvalue weighted by Crippen LogP contribution is -2.48. The maximum absolute atomic E-state index is 5.68. The summed E-state index contributed by atoms with van der Waals surface area (Å²) in [4.78, 5) is 10.4. The van der Waals surface area contributed by atoms with Crippen molar-refractivity contribution in [2.24, 2.45) is 5.92 Å². The summed E-state index contributed by atoms with van der Waals surface area (Å²) < 4.78 is 0. The second-order valence-corrected chi connectivity index (χ2v) is 6.45. The van der Waals surface area contributed by atoms with Gasteiger partial charge < -0.3 is 10.6 Å². The van der Waals surface area contributed by atoms with E-state index in [1.54, 1.807) is 11.3 Å². The number of piperidine rings is 1. The van der Waals surface area contributed by atoms with Crippen molar-refractivity contribution in [2.75, 3.05) is 32.4 Å². The summed E-state index contributed by atoms with van der Waals surface area (Å²) in [6, 6.07) is 0.677. The number of thiazole rings is 1. The number of likely N-dealkylation sites (tertiary alicyclic amines) is 1. The Hall–Kier alpha value is -0.650. The average Bonchev–Trinajstić information content (AvgIpc) is 2.74. The SMILES string of the molecule is CCN1CCC(N(C)Cc2cnc(N)s2)C(C)C1. The first-order valence-corrected chi connectivity index (χ1v) is 7.54. The Balaban J connectivity index is 1.91. The van der Waals surface area contributed by atoms with Crippen molar-refractivity contribution in [3.05, 3.63) is 11.1 Å². The van der Waals surface area contributed by atoms with Crippen LogP contribution in [0.25, 0.3) is 0 Å². The van der Waals surface area contributed by atoms with Gasteiger partial charge in [-0.15, -0.1) is 11.3 Å². The van der Waals surface area contributed by atoms with Gasteiger partial charge in [-0.05, 0) is 32.5 Å². The first kappa shape index (κ1) is 13.8. The predicted octanol–water partition coefficient (Wildman–Crippen LogP) is 1.89. The number of rotatable bonds is 4. The molecule has 1 fully saturated rings. The largest absolute Gasteiger partial charge is 0.375 e. The Morgan fingerprint density at radius 1 is 1.61 bits per heavy atom. The lowest BCUT2D eigenvalue weighted by molar-refractivity contribution is 0.0793. The summed E-state index contributed by atoms with van der Waals surface area (Å²) in [6.45, 7) is 9.19. The Morgan fingerprint density at radius 3 is 2.94 bits per heavy atom. The third-order valence-electron chi connectivity index (χ3n) is 3.93. The molecule has 0 amide bonds. The molecule has 1 aromatic rings. The molecule has 2 N–H and O–H groups in total. The molecule has 0 spiro atoms. The third kappa shape index (κ3) is 3.22. The highest BCUT2D eigenvalue weighted by Gasteiger charge is 2.28. The zero-order chi connectivity index (χ0) is 13.1. The van der Waals surface area contributed by atoms with Crippen molar-refractivity contribution in [2.45, 2.75) is 32.9 Å². The van der Waals surface area contributed by atoms with Crippen molar-refractivity contribution in [1.82, 2.24) is 14.8 Å². The number of hydrogen-bond donors (Lipinski definition) is 1. The van der Waals surface area contributed by atoms with Crippen LogP contribution in [-0.4, -0.2) is 47.5 Å². The minimum Gasteiger partial charge on any atom is -0.375 e. The first-order chi connectivity index (χ1) is 8.60. The minimum absolute atomic E-state index is 0.673. The molecular weight excluding hydrogens is 244 g/mol. The minimum atomic E-state index is 0.673. The van der Waals surface area contributed by atoms with Gasteiger partial charge in [0.15, 0.2) is 5.13 Å². The van der Waals surface area contributed by atoms with Gasteiger partial charge in [-0.25, -0.2) is 4.98 Å². The summed E-state index contributed by atoms with van der Waals surface area (Å²) in [5.74, 6) is 0.731. The molecule has 4 nitrogen and oxygen atoms in total. The molecule has 0 aromatic carbocycles. The fourth-order valence-electron chi connectivity index (χ4n) is 2.92. The van der Waals surface area contributed by atoms with E-state index in [0.717, 1.165) is 12.5 Å². The number of aromatic nitrogens is 1. The van der Waals surface area contributed by atoms with E-state index in [0.29, 0.717) is 11.2 Å². The highest BCUT2D eigenvalue weighted by Crippen LogP contribution is 2.24. The summed E-state index contributed by atoms with van der Waals surface area (Å²) in [5.41, 5.74) is 5.68. The molecule has 0 saturated carbocycles. The van der Waals surface area contributed by atoms with Crippen molar-refractivity contribution in [3.63, 3.8) is 0 Å². The molecule has 1 aliphatic rings. The smallest absolute Gasteiger partial charge is 0.180 e. The number of nitrogens with two attached hydrogens (primary N) is 1. The van der Waals surface area contributed by atoms with Gasteiger partial charge in [0.1, 0.15) is 0 Å². The topological polar surface area (TPSA) is 45.4 Å². The number of anilines is 1.